The maximum atomic E-state index is 11.3. The first-order valence-electron chi connectivity index (χ1n) is 5.32. The molecule has 0 aliphatic carbocycles. The molecule has 0 spiro atoms. The van der Waals surface area contributed by atoms with E-state index in [9.17, 15) is 4.79 Å². The molecule has 0 aliphatic rings. The molecular weight excluding hydrogens is 206 g/mol. The number of aliphatic hydroxyl groups excluding tert-OH is 1. The van der Waals surface area contributed by atoms with Crippen molar-refractivity contribution in [3.63, 3.8) is 0 Å². The lowest BCUT2D eigenvalue weighted by molar-refractivity contribution is -0.116. The summed E-state index contributed by atoms with van der Waals surface area (Å²) in [6.07, 6.45) is 5.31. The van der Waals surface area contributed by atoms with E-state index in [1.165, 1.54) is 6.08 Å². The normalized spacial score (nSPS) is 12.9. The molecule has 2 N–H and O–H groups in total. The van der Waals surface area contributed by atoms with Gasteiger partial charge in [-0.1, -0.05) is 6.92 Å². The van der Waals surface area contributed by atoms with Crippen LogP contribution in [0, 0.1) is 5.92 Å². The van der Waals surface area contributed by atoms with Crippen LogP contribution in [0.25, 0.3) is 6.08 Å². The number of furan rings is 1. The zero-order valence-corrected chi connectivity index (χ0v) is 9.35. The molecule has 0 bridgehead atoms. The average Bonchev–Trinajstić information content (AvgIpc) is 2.77. The summed E-state index contributed by atoms with van der Waals surface area (Å²) in [5, 5.41) is 11.4. The smallest absolute Gasteiger partial charge is 0.244 e. The van der Waals surface area contributed by atoms with Crippen LogP contribution in [0.1, 0.15) is 19.1 Å². The predicted molar refractivity (Wildman–Crippen MR) is 61.6 cm³/mol. The molecule has 0 fully saturated rings. The Morgan fingerprint density at radius 3 is 3.12 bits per heavy atom. The highest BCUT2D eigenvalue weighted by molar-refractivity contribution is 5.91. The number of hydrogen-bond donors (Lipinski definition) is 2. The largest absolute Gasteiger partial charge is 0.465 e. The lowest BCUT2D eigenvalue weighted by Gasteiger charge is -2.09. The van der Waals surface area contributed by atoms with Crippen molar-refractivity contribution in [3.05, 3.63) is 30.2 Å². The van der Waals surface area contributed by atoms with E-state index in [2.05, 4.69) is 5.32 Å². The van der Waals surface area contributed by atoms with Gasteiger partial charge in [-0.05, 0) is 30.5 Å². The van der Waals surface area contributed by atoms with Gasteiger partial charge in [-0.15, -0.1) is 0 Å². The van der Waals surface area contributed by atoms with E-state index in [0.29, 0.717) is 18.7 Å². The third-order valence-electron chi connectivity index (χ3n) is 2.19. The highest BCUT2D eigenvalue weighted by Crippen LogP contribution is 2.02. The number of nitrogens with one attached hydrogen (secondary N) is 1. The minimum Gasteiger partial charge on any atom is -0.465 e. The van der Waals surface area contributed by atoms with Crippen LogP contribution in [0.2, 0.25) is 0 Å². The first-order valence-corrected chi connectivity index (χ1v) is 5.32. The number of carbonyl (C=O) groups excluding carboxylic acids is 1. The Balaban J connectivity index is 2.26. The SMILES string of the molecule is CC(CCO)CNC(=O)C=Cc1ccco1. The second kappa shape index (κ2) is 6.85. The quantitative estimate of drug-likeness (QED) is 0.717. The van der Waals surface area contributed by atoms with Crippen molar-refractivity contribution in [1.29, 1.82) is 0 Å². The van der Waals surface area contributed by atoms with E-state index in [1.807, 2.05) is 6.92 Å². The summed E-state index contributed by atoms with van der Waals surface area (Å²) >= 11 is 0. The minimum atomic E-state index is -0.152. The molecule has 4 nitrogen and oxygen atoms in total. The van der Waals surface area contributed by atoms with Crippen molar-refractivity contribution >= 4 is 12.0 Å². The van der Waals surface area contributed by atoms with Gasteiger partial charge in [-0.2, -0.15) is 0 Å². The van der Waals surface area contributed by atoms with Crippen LogP contribution in [-0.2, 0) is 4.79 Å². The van der Waals surface area contributed by atoms with E-state index in [-0.39, 0.29) is 18.4 Å². The summed E-state index contributed by atoms with van der Waals surface area (Å²) in [6, 6.07) is 3.54. The van der Waals surface area contributed by atoms with E-state index >= 15 is 0 Å². The Kier molecular flexibility index (Phi) is 5.36. The fraction of sp³-hybridized carbons (Fsp3) is 0.417. The standard InChI is InChI=1S/C12H17NO3/c1-10(6-7-14)9-13-12(15)5-4-11-3-2-8-16-11/h2-5,8,10,14H,6-7,9H2,1H3,(H,13,15). The van der Waals surface area contributed by atoms with E-state index < -0.39 is 0 Å². The van der Waals surface area contributed by atoms with Gasteiger partial charge in [0, 0.05) is 19.2 Å². The summed E-state index contributed by atoms with van der Waals surface area (Å²) < 4.78 is 5.05. The van der Waals surface area contributed by atoms with Crippen molar-refractivity contribution in [2.75, 3.05) is 13.2 Å². The highest BCUT2D eigenvalue weighted by Gasteiger charge is 2.02. The summed E-state index contributed by atoms with van der Waals surface area (Å²) in [4.78, 5) is 11.3. The second-order valence-corrected chi connectivity index (χ2v) is 3.71. The maximum Gasteiger partial charge on any atom is 0.244 e. The van der Waals surface area contributed by atoms with Crippen molar-refractivity contribution in [2.45, 2.75) is 13.3 Å². The lowest BCUT2D eigenvalue weighted by Crippen LogP contribution is -2.26. The molecule has 16 heavy (non-hydrogen) atoms. The van der Waals surface area contributed by atoms with Gasteiger partial charge in [0.15, 0.2) is 0 Å². The first-order chi connectivity index (χ1) is 7.72. The van der Waals surface area contributed by atoms with Gasteiger partial charge >= 0.3 is 0 Å². The fourth-order valence-electron chi connectivity index (χ4n) is 1.20. The summed E-state index contributed by atoms with van der Waals surface area (Å²) in [7, 11) is 0. The Labute approximate surface area is 95.0 Å². The molecule has 1 aromatic rings. The molecule has 1 aromatic heterocycles. The molecule has 0 saturated heterocycles. The molecule has 0 aromatic carbocycles. The molecule has 0 radical (unpaired) electrons. The number of aliphatic hydroxyl groups is 1. The molecule has 1 heterocycles. The Hall–Kier alpha value is -1.55. The van der Waals surface area contributed by atoms with Crippen LogP contribution in [0.5, 0.6) is 0 Å². The summed E-state index contributed by atoms with van der Waals surface area (Å²) in [5.74, 6) is 0.783. The van der Waals surface area contributed by atoms with Crippen LogP contribution < -0.4 is 5.32 Å². The van der Waals surface area contributed by atoms with E-state index in [1.54, 1.807) is 24.5 Å². The number of carbonyl (C=O) groups is 1. The van der Waals surface area contributed by atoms with Gasteiger partial charge in [-0.3, -0.25) is 4.79 Å². The number of hydrogen-bond acceptors (Lipinski definition) is 3. The lowest BCUT2D eigenvalue weighted by atomic mass is 10.1. The number of amides is 1. The first kappa shape index (κ1) is 12.5. The van der Waals surface area contributed by atoms with Gasteiger partial charge in [0.25, 0.3) is 0 Å². The minimum absolute atomic E-state index is 0.152. The number of rotatable bonds is 6. The predicted octanol–water partition coefficient (Wildman–Crippen LogP) is 1.43. The maximum absolute atomic E-state index is 11.3. The zero-order valence-electron chi connectivity index (χ0n) is 9.35. The monoisotopic (exact) mass is 223 g/mol. The topological polar surface area (TPSA) is 62.5 Å². The molecule has 1 amide bonds. The average molecular weight is 223 g/mol. The molecule has 88 valence electrons. The Bertz CT molecular complexity index is 330. The van der Waals surface area contributed by atoms with Crippen molar-refractivity contribution in [1.82, 2.24) is 5.32 Å². The second-order valence-electron chi connectivity index (χ2n) is 3.71. The molecule has 0 saturated carbocycles. The van der Waals surface area contributed by atoms with Crippen LogP contribution in [-0.4, -0.2) is 24.2 Å². The van der Waals surface area contributed by atoms with Crippen LogP contribution in [0.4, 0.5) is 0 Å². The van der Waals surface area contributed by atoms with Gasteiger partial charge in [0.2, 0.25) is 5.91 Å². The Morgan fingerprint density at radius 1 is 1.69 bits per heavy atom. The zero-order chi connectivity index (χ0) is 11.8. The van der Waals surface area contributed by atoms with Crippen LogP contribution in [0.3, 0.4) is 0 Å². The van der Waals surface area contributed by atoms with Crippen molar-refractivity contribution in [3.8, 4) is 0 Å². The van der Waals surface area contributed by atoms with Crippen molar-refractivity contribution in [2.24, 2.45) is 5.92 Å². The third kappa shape index (κ3) is 4.79. The molecule has 1 unspecified atom stereocenters. The van der Waals surface area contributed by atoms with Gasteiger partial charge in [0.1, 0.15) is 5.76 Å². The molecule has 4 heteroatoms. The van der Waals surface area contributed by atoms with Gasteiger partial charge < -0.3 is 14.8 Å². The van der Waals surface area contributed by atoms with Gasteiger partial charge in [0.05, 0.1) is 6.26 Å². The Morgan fingerprint density at radius 2 is 2.50 bits per heavy atom. The van der Waals surface area contributed by atoms with Gasteiger partial charge in [-0.25, -0.2) is 0 Å². The van der Waals surface area contributed by atoms with E-state index in [4.69, 9.17) is 9.52 Å². The molecular formula is C12H17NO3. The van der Waals surface area contributed by atoms with Crippen molar-refractivity contribution < 1.29 is 14.3 Å². The highest BCUT2D eigenvalue weighted by atomic mass is 16.3. The third-order valence-corrected chi connectivity index (χ3v) is 2.19. The molecule has 1 atom stereocenters. The van der Waals surface area contributed by atoms with Crippen LogP contribution >= 0.6 is 0 Å². The summed E-state index contributed by atoms with van der Waals surface area (Å²) in [6.45, 7) is 2.70. The fourth-order valence-corrected chi connectivity index (χ4v) is 1.20. The molecule has 1 rings (SSSR count). The van der Waals surface area contributed by atoms with Crippen LogP contribution in [0.15, 0.2) is 28.9 Å². The molecule has 0 aliphatic heterocycles. The summed E-state index contributed by atoms with van der Waals surface area (Å²) in [5.41, 5.74) is 0. The van der Waals surface area contributed by atoms with E-state index in [0.717, 1.165) is 0 Å².